The average molecular weight is 881 g/mol. The predicted molar refractivity (Wildman–Crippen MR) is 291 cm³/mol. The van der Waals surface area contributed by atoms with Crippen molar-refractivity contribution in [3.63, 3.8) is 0 Å². The van der Waals surface area contributed by atoms with Crippen LogP contribution in [0.1, 0.15) is 0 Å². The third-order valence-electron chi connectivity index (χ3n) is 14.0. The van der Waals surface area contributed by atoms with Crippen LogP contribution in [0.15, 0.2) is 243 Å². The molecule has 0 aliphatic rings. The van der Waals surface area contributed by atoms with Crippen molar-refractivity contribution < 1.29 is 0 Å². The largest absolute Gasteiger partial charge is 0.291 e. The summed E-state index contributed by atoms with van der Waals surface area (Å²) in [6.45, 7) is 0. The molecule has 0 unspecified atom stereocenters. The van der Waals surface area contributed by atoms with E-state index in [1.807, 2.05) is 11.3 Å². The minimum Gasteiger partial charge on any atom is -0.291 e. The first-order chi connectivity index (χ1) is 33.7. The maximum absolute atomic E-state index is 5.41. The summed E-state index contributed by atoms with van der Waals surface area (Å²) in [5, 5.41) is 9.95. The molecule has 0 amide bonds. The van der Waals surface area contributed by atoms with Crippen molar-refractivity contribution in [1.29, 1.82) is 0 Å². The van der Waals surface area contributed by atoms with E-state index in [4.69, 9.17) is 4.98 Å². The summed E-state index contributed by atoms with van der Waals surface area (Å²) in [7, 11) is 0. The van der Waals surface area contributed by atoms with E-state index in [1.54, 1.807) is 0 Å². The zero-order valence-electron chi connectivity index (χ0n) is 36.9. The molecule has 316 valence electrons. The lowest BCUT2D eigenvalue weighted by atomic mass is 9.90. The molecule has 0 radical (unpaired) electrons. The van der Waals surface area contributed by atoms with E-state index in [2.05, 4.69) is 247 Å². The molecule has 2 nitrogen and oxygen atoms in total. The molecule has 3 heterocycles. The third-order valence-corrected chi connectivity index (χ3v) is 15.2. The molecule has 14 aromatic rings. The molecule has 0 saturated heterocycles. The summed E-state index contributed by atoms with van der Waals surface area (Å²) < 4.78 is 4.92. The molecule has 0 aliphatic carbocycles. The lowest BCUT2D eigenvalue weighted by Crippen LogP contribution is -1.93. The van der Waals surface area contributed by atoms with E-state index >= 15 is 0 Å². The molecule has 3 aromatic heterocycles. The Kier molecular flexibility index (Phi) is 8.80. The van der Waals surface area contributed by atoms with Gasteiger partial charge < -0.3 is 0 Å². The van der Waals surface area contributed by atoms with Crippen LogP contribution in [0.5, 0.6) is 0 Å². The summed E-state index contributed by atoms with van der Waals surface area (Å²) >= 11 is 1.86. The minimum absolute atomic E-state index is 1.00. The Morgan fingerprint density at radius 1 is 0.294 bits per heavy atom. The number of aromatic nitrogens is 2. The number of imidazole rings is 1. The molecule has 11 aromatic carbocycles. The zero-order valence-corrected chi connectivity index (χ0v) is 37.7. The van der Waals surface area contributed by atoms with Crippen LogP contribution in [0.3, 0.4) is 0 Å². The minimum atomic E-state index is 1.00. The topological polar surface area (TPSA) is 17.3 Å². The fourth-order valence-electron chi connectivity index (χ4n) is 10.6. The molecule has 0 spiro atoms. The van der Waals surface area contributed by atoms with Crippen molar-refractivity contribution >= 4 is 80.5 Å². The van der Waals surface area contributed by atoms with Crippen LogP contribution >= 0.6 is 11.3 Å². The van der Waals surface area contributed by atoms with E-state index in [0.717, 1.165) is 27.9 Å². The van der Waals surface area contributed by atoms with Crippen LogP contribution in [0.25, 0.3) is 136 Å². The number of nitrogens with zero attached hydrogens (tertiary/aromatic N) is 2. The summed E-state index contributed by atoms with van der Waals surface area (Å²) in [5.41, 5.74) is 17.5. The average Bonchev–Trinajstić information content (AvgIpc) is 3.99. The lowest BCUT2D eigenvalue weighted by molar-refractivity contribution is 1.25. The number of rotatable bonds is 6. The zero-order chi connectivity index (χ0) is 44.7. The fraction of sp³-hybridized carbons (Fsp3) is 0. The van der Waals surface area contributed by atoms with Crippen LogP contribution < -0.4 is 0 Å². The molecule has 0 fully saturated rings. The Balaban J connectivity index is 0.860. The molecule has 0 saturated carbocycles. The van der Waals surface area contributed by atoms with E-state index in [0.29, 0.717) is 0 Å². The van der Waals surface area contributed by atoms with Gasteiger partial charge in [-0.15, -0.1) is 11.3 Å². The molecular weight excluding hydrogens is 841 g/mol. The predicted octanol–water partition coefficient (Wildman–Crippen LogP) is 18.3. The monoisotopic (exact) mass is 880 g/mol. The quantitative estimate of drug-likeness (QED) is 0.163. The first-order valence-electron chi connectivity index (χ1n) is 23.3. The summed E-state index contributed by atoms with van der Waals surface area (Å²) in [6.07, 6.45) is 0. The number of benzene rings is 11. The van der Waals surface area contributed by atoms with Crippen molar-refractivity contribution in [2.45, 2.75) is 0 Å². The number of fused-ring (bicyclic) bond motifs is 11. The lowest BCUT2D eigenvalue weighted by Gasteiger charge is -2.14. The highest BCUT2D eigenvalue weighted by atomic mass is 32.1. The third kappa shape index (κ3) is 6.28. The van der Waals surface area contributed by atoms with Gasteiger partial charge in [0.15, 0.2) is 5.65 Å². The highest BCUT2D eigenvalue weighted by Gasteiger charge is 2.20. The Morgan fingerprint density at radius 2 is 0.779 bits per heavy atom. The van der Waals surface area contributed by atoms with Gasteiger partial charge in [0.1, 0.15) is 0 Å². The first kappa shape index (κ1) is 38.6. The Hall–Kier alpha value is -8.63. The van der Waals surface area contributed by atoms with Gasteiger partial charge in [-0.3, -0.25) is 4.40 Å². The number of thiophene rings is 1. The van der Waals surface area contributed by atoms with Crippen molar-refractivity contribution in [2.75, 3.05) is 0 Å². The molecule has 68 heavy (non-hydrogen) atoms. The molecule has 0 N–H and O–H groups in total. The second kappa shape index (κ2) is 15.5. The van der Waals surface area contributed by atoms with Gasteiger partial charge in [-0.05, 0) is 130 Å². The normalized spacial score (nSPS) is 11.8. The van der Waals surface area contributed by atoms with Crippen LogP contribution in [0, 0.1) is 0 Å². The van der Waals surface area contributed by atoms with E-state index < -0.39 is 0 Å². The van der Waals surface area contributed by atoms with Gasteiger partial charge in [-0.1, -0.05) is 206 Å². The van der Waals surface area contributed by atoms with Gasteiger partial charge in [0, 0.05) is 15.5 Å². The fourth-order valence-corrected chi connectivity index (χ4v) is 11.9. The summed E-state index contributed by atoms with van der Waals surface area (Å²) in [4.78, 5) is 5.41. The first-order valence-corrected chi connectivity index (χ1v) is 24.1. The summed E-state index contributed by atoms with van der Waals surface area (Å²) in [6, 6.07) is 88.9. The number of pyridine rings is 1. The molecule has 0 bridgehead atoms. The van der Waals surface area contributed by atoms with Crippen LogP contribution in [-0.2, 0) is 0 Å². The molecule has 0 aliphatic heterocycles. The maximum atomic E-state index is 5.41. The Labute approximate surface area is 397 Å². The molecule has 0 atom stereocenters. The van der Waals surface area contributed by atoms with Gasteiger partial charge in [-0.2, -0.15) is 0 Å². The van der Waals surface area contributed by atoms with Gasteiger partial charge in [0.25, 0.3) is 0 Å². The molecule has 3 heteroatoms. The van der Waals surface area contributed by atoms with Gasteiger partial charge >= 0.3 is 0 Å². The highest BCUT2D eigenvalue weighted by Crippen LogP contribution is 2.44. The number of hydrogen-bond acceptors (Lipinski definition) is 2. The van der Waals surface area contributed by atoms with Gasteiger partial charge in [-0.25, -0.2) is 4.98 Å². The Morgan fingerprint density at radius 3 is 1.38 bits per heavy atom. The van der Waals surface area contributed by atoms with Crippen molar-refractivity contribution in [3.8, 4) is 66.9 Å². The van der Waals surface area contributed by atoms with Gasteiger partial charge in [0.2, 0.25) is 0 Å². The SMILES string of the molecule is c1ccc(-c2cc(-c3ccccc3)cc(-c3ccc(-c4ccc(-c5ccc(-c6cc7c8ccc9ccccc9c8sc7c7nc8cc9ccccc9cc8n67)cc5)c5ccccc45)cc3)c2)cc1. The molecule has 14 rings (SSSR count). The van der Waals surface area contributed by atoms with E-state index in [-0.39, 0.29) is 0 Å². The van der Waals surface area contributed by atoms with Crippen LogP contribution in [-0.4, -0.2) is 9.38 Å². The van der Waals surface area contributed by atoms with Crippen molar-refractivity contribution in [2.24, 2.45) is 0 Å². The number of hydrogen-bond donors (Lipinski definition) is 0. The highest BCUT2D eigenvalue weighted by molar-refractivity contribution is 7.27. The van der Waals surface area contributed by atoms with Gasteiger partial charge in [0.05, 0.1) is 21.4 Å². The van der Waals surface area contributed by atoms with Crippen LogP contribution in [0.2, 0.25) is 0 Å². The van der Waals surface area contributed by atoms with Crippen molar-refractivity contribution in [3.05, 3.63) is 243 Å². The maximum Gasteiger partial charge on any atom is 0.156 e. The molecular formula is C65H40N2S. The van der Waals surface area contributed by atoms with E-state index in [1.165, 1.54) is 108 Å². The van der Waals surface area contributed by atoms with Crippen molar-refractivity contribution in [1.82, 2.24) is 9.38 Å². The second-order valence-corrected chi connectivity index (χ2v) is 18.9. The Bertz CT molecular complexity index is 4220. The van der Waals surface area contributed by atoms with Crippen LogP contribution in [0.4, 0.5) is 0 Å². The standard InChI is InChI=1S/C65H40N2S/c1-3-13-41(14-4-1)50-35-51(42-15-5-2-6-16-42)37-52(36-50)43-23-25-45(26-24-43)53-33-34-54(57-22-12-11-21-56(53)57)46-27-29-47(30-28-46)61-40-59-58-32-31-44-17-9-10-20-55(44)63(58)68-64(59)65-66-60-38-48-18-7-8-19-49(48)39-62(60)67(61)65/h1-40H. The smallest absolute Gasteiger partial charge is 0.156 e. The van der Waals surface area contributed by atoms with E-state index in [9.17, 15) is 0 Å². The summed E-state index contributed by atoms with van der Waals surface area (Å²) in [5.74, 6) is 0. The second-order valence-electron chi connectivity index (χ2n) is 17.9.